The molecule has 0 heterocycles. The fraction of sp³-hybridized carbons (Fsp3) is 0.0714. The first-order chi connectivity index (χ1) is 11.2. The minimum atomic E-state index is -4.07. The van der Waals surface area contributed by atoms with Crippen molar-refractivity contribution < 1.29 is 23.2 Å². The van der Waals surface area contributed by atoms with Crippen LogP contribution in [0.1, 0.15) is 6.92 Å². The summed E-state index contributed by atoms with van der Waals surface area (Å²) >= 11 is 0. The van der Waals surface area contributed by atoms with Gasteiger partial charge in [-0.2, -0.15) is 0 Å². The molecule has 24 heavy (non-hydrogen) atoms. The topological polar surface area (TPSA) is 139 Å². The van der Waals surface area contributed by atoms with Crippen LogP contribution < -0.4 is 10.0 Å². The molecule has 0 saturated heterocycles. The van der Waals surface area contributed by atoms with Gasteiger partial charge in [-0.25, -0.2) is 8.42 Å². The molecule has 0 aliphatic carbocycles. The predicted molar refractivity (Wildman–Crippen MR) is 86.3 cm³/mol. The van der Waals surface area contributed by atoms with Crippen molar-refractivity contribution in [3.05, 3.63) is 52.6 Å². The number of nitrogens with one attached hydrogen (secondary N) is 2. The summed E-state index contributed by atoms with van der Waals surface area (Å²) in [5, 5.41) is 22.7. The Morgan fingerprint density at radius 1 is 1.12 bits per heavy atom. The molecule has 0 aliphatic heterocycles. The van der Waals surface area contributed by atoms with Crippen LogP contribution in [0, 0.1) is 10.1 Å². The third kappa shape index (κ3) is 3.98. The van der Waals surface area contributed by atoms with Crippen molar-refractivity contribution in [3.8, 4) is 5.75 Å². The van der Waals surface area contributed by atoms with E-state index in [9.17, 15) is 28.4 Å². The van der Waals surface area contributed by atoms with Crippen molar-refractivity contribution in [1.29, 1.82) is 0 Å². The molecule has 0 spiro atoms. The fourth-order valence-corrected chi connectivity index (χ4v) is 2.93. The number of phenolic OH excluding ortho intramolecular Hbond substituents is 1. The predicted octanol–water partition coefficient (Wildman–Crippen LogP) is 2.06. The van der Waals surface area contributed by atoms with Gasteiger partial charge in [0.05, 0.1) is 9.82 Å². The van der Waals surface area contributed by atoms with Gasteiger partial charge in [-0.1, -0.05) is 0 Å². The number of nitro groups is 1. The minimum absolute atomic E-state index is 0.208. The zero-order valence-corrected chi connectivity index (χ0v) is 13.2. The van der Waals surface area contributed by atoms with Crippen LogP contribution in [0.4, 0.5) is 17.1 Å². The molecular formula is C14H13N3O6S. The van der Waals surface area contributed by atoms with Crippen LogP contribution in [0.3, 0.4) is 0 Å². The van der Waals surface area contributed by atoms with Crippen molar-refractivity contribution in [3.63, 3.8) is 0 Å². The van der Waals surface area contributed by atoms with Gasteiger partial charge in [0, 0.05) is 24.4 Å². The van der Waals surface area contributed by atoms with Crippen molar-refractivity contribution in [1.82, 2.24) is 0 Å². The Labute approximate surface area is 137 Å². The normalized spacial score (nSPS) is 10.9. The summed E-state index contributed by atoms with van der Waals surface area (Å²) in [6.07, 6.45) is 0. The van der Waals surface area contributed by atoms with E-state index in [0.717, 1.165) is 18.2 Å². The maximum absolute atomic E-state index is 12.3. The molecular weight excluding hydrogens is 338 g/mol. The SMILES string of the molecule is CC(=O)Nc1ccc(NS(=O)(=O)c2ccc(O)c([N+](=O)[O-])c2)cc1. The van der Waals surface area contributed by atoms with Crippen molar-refractivity contribution in [2.75, 3.05) is 10.0 Å². The first kappa shape index (κ1) is 17.2. The number of sulfonamides is 1. The number of hydrogen-bond acceptors (Lipinski definition) is 6. The van der Waals surface area contributed by atoms with Crippen LogP contribution in [0.5, 0.6) is 5.75 Å². The number of aromatic hydroxyl groups is 1. The summed E-state index contributed by atoms with van der Waals surface area (Å²) in [6.45, 7) is 1.34. The van der Waals surface area contributed by atoms with E-state index < -0.39 is 26.4 Å². The quantitative estimate of drug-likeness (QED) is 0.556. The average Bonchev–Trinajstić information content (AvgIpc) is 2.48. The van der Waals surface area contributed by atoms with Gasteiger partial charge in [-0.3, -0.25) is 19.6 Å². The van der Waals surface area contributed by atoms with Crippen molar-refractivity contribution >= 4 is 33.0 Å². The van der Waals surface area contributed by atoms with Gasteiger partial charge in [0.25, 0.3) is 10.0 Å². The average molecular weight is 351 g/mol. The number of rotatable bonds is 5. The summed E-state index contributed by atoms with van der Waals surface area (Å²) in [5.41, 5.74) is -0.00979. The molecule has 126 valence electrons. The second kappa shape index (κ2) is 6.54. The molecule has 2 aromatic carbocycles. The fourth-order valence-electron chi connectivity index (χ4n) is 1.86. The van der Waals surface area contributed by atoms with E-state index in [1.807, 2.05) is 0 Å². The second-order valence-corrected chi connectivity index (χ2v) is 6.45. The number of anilines is 2. The minimum Gasteiger partial charge on any atom is -0.502 e. The van der Waals surface area contributed by atoms with Crippen LogP contribution in [0.15, 0.2) is 47.4 Å². The van der Waals surface area contributed by atoms with E-state index >= 15 is 0 Å². The molecule has 9 nitrogen and oxygen atoms in total. The molecule has 0 saturated carbocycles. The zero-order chi connectivity index (χ0) is 17.9. The van der Waals surface area contributed by atoms with Crippen LogP contribution >= 0.6 is 0 Å². The molecule has 1 amide bonds. The summed E-state index contributed by atoms with van der Waals surface area (Å²) in [6, 6.07) is 8.61. The number of nitrogens with zero attached hydrogens (tertiary/aromatic N) is 1. The smallest absolute Gasteiger partial charge is 0.312 e. The van der Waals surface area contributed by atoms with Crippen LogP contribution in [0.2, 0.25) is 0 Å². The highest BCUT2D eigenvalue weighted by Gasteiger charge is 2.21. The number of hydrogen-bond donors (Lipinski definition) is 3. The van der Waals surface area contributed by atoms with Gasteiger partial charge < -0.3 is 10.4 Å². The highest BCUT2D eigenvalue weighted by atomic mass is 32.2. The number of carbonyl (C=O) groups is 1. The number of carbonyl (C=O) groups excluding carboxylic acids is 1. The third-order valence-corrected chi connectivity index (χ3v) is 4.29. The number of amides is 1. The monoisotopic (exact) mass is 351 g/mol. The summed E-state index contributed by atoms with van der Waals surface area (Å²) in [4.78, 5) is 20.5. The van der Waals surface area contributed by atoms with Gasteiger partial charge in [0.2, 0.25) is 5.91 Å². The summed E-state index contributed by atoms with van der Waals surface area (Å²) in [7, 11) is -4.07. The largest absolute Gasteiger partial charge is 0.502 e. The lowest BCUT2D eigenvalue weighted by Crippen LogP contribution is -2.13. The Kier molecular flexibility index (Phi) is 4.69. The molecule has 0 unspecified atom stereocenters. The standard InChI is InChI=1S/C14H13N3O6S/c1-9(18)15-10-2-4-11(5-3-10)16-24(22,23)12-6-7-14(19)13(8-12)17(20)21/h2-8,16,19H,1H3,(H,15,18). The summed E-state index contributed by atoms with van der Waals surface area (Å²) < 4.78 is 26.8. The van der Waals surface area contributed by atoms with Crippen molar-refractivity contribution in [2.24, 2.45) is 0 Å². The van der Waals surface area contributed by atoms with Crippen molar-refractivity contribution in [2.45, 2.75) is 11.8 Å². The molecule has 0 bridgehead atoms. The van der Waals surface area contributed by atoms with Gasteiger partial charge in [-0.05, 0) is 36.4 Å². The van der Waals surface area contributed by atoms with E-state index in [-0.39, 0.29) is 16.5 Å². The van der Waals surface area contributed by atoms with Crippen LogP contribution in [-0.4, -0.2) is 24.4 Å². The third-order valence-electron chi connectivity index (χ3n) is 2.91. The van der Waals surface area contributed by atoms with E-state index in [1.165, 1.54) is 31.2 Å². The maximum Gasteiger partial charge on any atom is 0.312 e. The molecule has 2 aromatic rings. The molecule has 2 rings (SSSR count). The Morgan fingerprint density at radius 3 is 2.25 bits per heavy atom. The molecule has 10 heteroatoms. The number of nitro benzene ring substituents is 1. The number of benzene rings is 2. The Bertz CT molecular complexity index is 893. The lowest BCUT2D eigenvalue weighted by atomic mass is 10.3. The lowest BCUT2D eigenvalue weighted by Gasteiger charge is -2.09. The van der Waals surface area contributed by atoms with Gasteiger partial charge in [0.1, 0.15) is 0 Å². The van der Waals surface area contributed by atoms with E-state index in [4.69, 9.17) is 0 Å². The number of phenols is 1. The Hall–Kier alpha value is -3.14. The molecule has 0 aliphatic rings. The lowest BCUT2D eigenvalue weighted by molar-refractivity contribution is -0.386. The van der Waals surface area contributed by atoms with E-state index in [0.29, 0.717) is 5.69 Å². The maximum atomic E-state index is 12.3. The first-order valence-corrected chi connectivity index (χ1v) is 8.05. The van der Waals surface area contributed by atoms with E-state index in [2.05, 4.69) is 10.0 Å². The molecule has 3 N–H and O–H groups in total. The highest BCUT2D eigenvalue weighted by Crippen LogP contribution is 2.29. The Morgan fingerprint density at radius 2 is 1.71 bits per heavy atom. The van der Waals surface area contributed by atoms with Gasteiger partial charge in [0.15, 0.2) is 5.75 Å². The molecule has 0 aromatic heterocycles. The van der Waals surface area contributed by atoms with Crippen LogP contribution in [-0.2, 0) is 14.8 Å². The van der Waals surface area contributed by atoms with Gasteiger partial charge in [-0.15, -0.1) is 0 Å². The van der Waals surface area contributed by atoms with E-state index in [1.54, 1.807) is 0 Å². The summed E-state index contributed by atoms with van der Waals surface area (Å²) in [5.74, 6) is -0.890. The first-order valence-electron chi connectivity index (χ1n) is 6.57. The molecule has 0 fully saturated rings. The molecule has 0 atom stereocenters. The highest BCUT2D eigenvalue weighted by molar-refractivity contribution is 7.92. The Balaban J connectivity index is 2.27. The van der Waals surface area contributed by atoms with Gasteiger partial charge >= 0.3 is 5.69 Å². The molecule has 0 radical (unpaired) electrons. The second-order valence-electron chi connectivity index (χ2n) is 4.77. The van der Waals surface area contributed by atoms with Crippen LogP contribution in [0.25, 0.3) is 0 Å². The zero-order valence-electron chi connectivity index (χ0n) is 12.4.